The molecular weight excluding hydrogens is 319 g/mol. The Kier molecular flexibility index (Phi) is 8.21. The Morgan fingerprint density at radius 3 is 2.33 bits per heavy atom. The van der Waals surface area contributed by atoms with E-state index in [2.05, 4.69) is 9.97 Å². The van der Waals surface area contributed by atoms with Crippen molar-refractivity contribution < 1.29 is 42.0 Å². The van der Waals surface area contributed by atoms with Gasteiger partial charge >= 0.3 is 11.9 Å². The maximum absolute atomic E-state index is 10.3. The minimum absolute atomic E-state index is 0. The topological polar surface area (TPSA) is 126 Å². The van der Waals surface area contributed by atoms with E-state index in [0.29, 0.717) is 5.69 Å². The molecular formula is C13H13MnN2O5+. The van der Waals surface area contributed by atoms with Crippen molar-refractivity contribution in [3.63, 3.8) is 0 Å². The number of imidazole rings is 1. The summed E-state index contributed by atoms with van der Waals surface area (Å²) < 4.78 is 0. The SMILES string of the molecule is O=C(O)/C=C\c1c[nH]cn1.O=C(O)c1ccccc1[OH2+].[Mn]. The van der Waals surface area contributed by atoms with E-state index < -0.39 is 11.9 Å². The Bertz CT molecular complexity index is 611. The minimum atomic E-state index is -1.05. The summed E-state index contributed by atoms with van der Waals surface area (Å²) in [6.45, 7) is 0. The van der Waals surface area contributed by atoms with E-state index in [9.17, 15) is 9.59 Å². The van der Waals surface area contributed by atoms with Crippen LogP contribution in [0.2, 0.25) is 0 Å². The number of benzene rings is 1. The Labute approximate surface area is 130 Å². The second-order valence-corrected chi connectivity index (χ2v) is 3.52. The average molecular weight is 332 g/mol. The molecule has 2 aromatic rings. The van der Waals surface area contributed by atoms with Gasteiger partial charge < -0.3 is 20.3 Å². The van der Waals surface area contributed by atoms with Crippen LogP contribution in [0.1, 0.15) is 16.1 Å². The zero-order valence-corrected chi connectivity index (χ0v) is 11.8. The van der Waals surface area contributed by atoms with Crippen molar-refractivity contribution in [3.8, 4) is 5.75 Å². The molecule has 0 unspecified atom stereocenters. The van der Waals surface area contributed by atoms with Gasteiger partial charge in [-0.05, 0) is 12.1 Å². The van der Waals surface area contributed by atoms with E-state index in [4.69, 9.17) is 15.3 Å². The van der Waals surface area contributed by atoms with Gasteiger partial charge in [0.15, 0.2) is 5.56 Å². The van der Waals surface area contributed by atoms with E-state index in [1.165, 1.54) is 24.5 Å². The first kappa shape index (κ1) is 18.4. The predicted octanol–water partition coefficient (Wildman–Crippen LogP) is 1.33. The van der Waals surface area contributed by atoms with Crippen molar-refractivity contribution in [2.75, 3.05) is 0 Å². The fourth-order valence-electron chi connectivity index (χ4n) is 1.19. The summed E-state index contributed by atoms with van der Waals surface area (Å²) in [6.07, 6.45) is 5.55. The van der Waals surface area contributed by atoms with Crippen molar-refractivity contribution in [1.29, 1.82) is 0 Å². The third kappa shape index (κ3) is 6.95. The Hall–Kier alpha value is -2.57. The van der Waals surface area contributed by atoms with Crippen LogP contribution in [0.3, 0.4) is 0 Å². The van der Waals surface area contributed by atoms with Gasteiger partial charge in [0.2, 0.25) is 0 Å². The summed E-state index contributed by atoms with van der Waals surface area (Å²) >= 11 is 0. The van der Waals surface area contributed by atoms with Crippen LogP contribution < -0.4 is 0 Å². The Morgan fingerprint density at radius 2 is 1.90 bits per heavy atom. The molecule has 7 nitrogen and oxygen atoms in total. The first-order valence-corrected chi connectivity index (χ1v) is 5.44. The Balaban J connectivity index is 0.000000364. The number of rotatable bonds is 3. The summed E-state index contributed by atoms with van der Waals surface area (Å²) in [5.74, 6) is -1.97. The number of carboxylic acid groups (broad SMARTS) is 2. The number of aromatic nitrogens is 2. The molecule has 0 fully saturated rings. The fraction of sp³-hybridized carbons (Fsp3) is 0. The number of carbonyl (C=O) groups is 2. The van der Waals surface area contributed by atoms with Crippen molar-refractivity contribution in [1.82, 2.24) is 9.97 Å². The molecule has 1 aromatic carbocycles. The smallest absolute Gasteiger partial charge is 0.345 e. The van der Waals surface area contributed by atoms with Crippen LogP contribution in [0.25, 0.3) is 6.08 Å². The number of aliphatic carboxylic acids is 1. The van der Waals surface area contributed by atoms with Crippen LogP contribution in [0.4, 0.5) is 0 Å². The number of nitrogens with one attached hydrogen (secondary N) is 1. The van der Waals surface area contributed by atoms with Crippen LogP contribution in [0.15, 0.2) is 42.9 Å². The number of H-pyrrole nitrogens is 1. The Morgan fingerprint density at radius 1 is 1.24 bits per heavy atom. The summed E-state index contributed by atoms with van der Waals surface area (Å²) in [6, 6.07) is 6.09. The predicted molar refractivity (Wildman–Crippen MR) is 71.7 cm³/mol. The van der Waals surface area contributed by atoms with Crippen molar-refractivity contribution in [2.45, 2.75) is 0 Å². The monoisotopic (exact) mass is 332 g/mol. The molecule has 1 aromatic heterocycles. The molecule has 0 spiro atoms. The molecule has 0 saturated carbocycles. The molecule has 5 N–H and O–H groups in total. The van der Waals surface area contributed by atoms with Gasteiger partial charge in [0.25, 0.3) is 5.75 Å². The first-order valence-electron chi connectivity index (χ1n) is 5.44. The number of hydrogen-bond acceptors (Lipinski definition) is 3. The van der Waals surface area contributed by atoms with Gasteiger partial charge in [-0.3, -0.25) is 0 Å². The standard InChI is InChI=1S/C7H6O3.C6H6N2O2.Mn/c8-6-4-2-1-3-5(6)7(9)10;9-6(10)2-1-5-3-7-4-8-5;/h1-4,8H,(H,9,10);1-4H,(H,7,8)(H,9,10);/p+1/b;2-1-;. The molecule has 21 heavy (non-hydrogen) atoms. The molecule has 0 aliphatic heterocycles. The summed E-state index contributed by atoms with van der Waals surface area (Å²) in [4.78, 5) is 26.8. The summed E-state index contributed by atoms with van der Waals surface area (Å²) in [7, 11) is 0. The molecule has 111 valence electrons. The van der Waals surface area contributed by atoms with E-state index in [-0.39, 0.29) is 28.4 Å². The van der Waals surface area contributed by atoms with E-state index in [0.717, 1.165) is 6.08 Å². The van der Waals surface area contributed by atoms with Gasteiger partial charge in [-0.15, -0.1) is 0 Å². The third-order valence-electron chi connectivity index (χ3n) is 2.07. The molecule has 0 atom stereocenters. The summed E-state index contributed by atoms with van der Waals surface area (Å²) in [5.41, 5.74) is 0.657. The van der Waals surface area contributed by atoms with Gasteiger partial charge in [-0.2, -0.15) is 0 Å². The maximum Gasteiger partial charge on any atom is 0.345 e. The number of para-hydroxylation sites is 1. The molecule has 0 amide bonds. The van der Waals surface area contributed by atoms with Gasteiger partial charge in [0.05, 0.1) is 12.0 Å². The molecule has 8 heteroatoms. The van der Waals surface area contributed by atoms with Gasteiger partial charge in [0.1, 0.15) is 0 Å². The second kappa shape index (κ2) is 9.35. The average Bonchev–Trinajstić information content (AvgIpc) is 2.90. The molecule has 1 heterocycles. The van der Waals surface area contributed by atoms with Gasteiger partial charge in [0, 0.05) is 35.4 Å². The van der Waals surface area contributed by atoms with Gasteiger partial charge in [-0.1, -0.05) is 12.1 Å². The van der Waals surface area contributed by atoms with Crippen molar-refractivity contribution >= 4 is 18.0 Å². The van der Waals surface area contributed by atoms with E-state index >= 15 is 0 Å². The quantitative estimate of drug-likeness (QED) is 0.444. The molecule has 2 rings (SSSR count). The van der Waals surface area contributed by atoms with Crippen molar-refractivity contribution in [2.24, 2.45) is 0 Å². The van der Waals surface area contributed by atoms with Crippen LogP contribution in [0, 0.1) is 0 Å². The second-order valence-electron chi connectivity index (χ2n) is 3.52. The van der Waals surface area contributed by atoms with Crippen LogP contribution in [-0.2, 0) is 21.9 Å². The molecule has 1 radical (unpaired) electrons. The minimum Gasteiger partial charge on any atom is -0.593 e. The summed E-state index contributed by atoms with van der Waals surface area (Å²) in [5, 5.41) is 23.8. The normalized spacial score (nSPS) is 9.33. The molecule has 0 saturated heterocycles. The van der Waals surface area contributed by atoms with E-state index in [1.807, 2.05) is 0 Å². The van der Waals surface area contributed by atoms with Crippen molar-refractivity contribution in [3.05, 3.63) is 54.1 Å². The van der Waals surface area contributed by atoms with Crippen LogP contribution in [-0.4, -0.2) is 37.2 Å². The number of nitrogens with zero attached hydrogens (tertiary/aromatic N) is 1. The van der Waals surface area contributed by atoms with Crippen LogP contribution >= 0.6 is 0 Å². The number of aromatic carboxylic acids is 1. The maximum atomic E-state index is 10.3. The van der Waals surface area contributed by atoms with Crippen LogP contribution in [0.5, 0.6) is 5.75 Å². The largest absolute Gasteiger partial charge is 0.593 e. The number of aromatic amines is 1. The number of carboxylic acids is 2. The fourth-order valence-corrected chi connectivity index (χ4v) is 1.19. The number of hydrogen-bond donors (Lipinski definition) is 3. The zero-order chi connectivity index (χ0) is 15.0. The van der Waals surface area contributed by atoms with E-state index in [1.54, 1.807) is 18.3 Å². The molecule has 0 aliphatic carbocycles. The zero-order valence-electron chi connectivity index (χ0n) is 10.7. The first-order chi connectivity index (χ1) is 9.50. The molecule has 0 aliphatic rings. The molecule has 0 bridgehead atoms. The third-order valence-corrected chi connectivity index (χ3v) is 2.07. The van der Waals surface area contributed by atoms with Gasteiger partial charge in [-0.25, -0.2) is 14.6 Å².